The number of halogens is 1. The number of amides is 1. The summed E-state index contributed by atoms with van der Waals surface area (Å²) in [4.78, 5) is 19.7. The van der Waals surface area contributed by atoms with E-state index in [1.54, 1.807) is 11.3 Å². The lowest BCUT2D eigenvalue weighted by Crippen LogP contribution is -2.38. The molecular formula is C21H22ClN3OS. The summed E-state index contributed by atoms with van der Waals surface area (Å²) < 4.78 is 1.21. The molecule has 4 rings (SSSR count). The van der Waals surface area contributed by atoms with Gasteiger partial charge in [0.05, 0.1) is 28.8 Å². The van der Waals surface area contributed by atoms with E-state index in [-0.39, 0.29) is 18.0 Å². The predicted octanol–water partition coefficient (Wildman–Crippen LogP) is 4.96. The summed E-state index contributed by atoms with van der Waals surface area (Å²) in [6.07, 6.45) is 2.15. The first-order valence-electron chi connectivity index (χ1n) is 9.24. The van der Waals surface area contributed by atoms with Gasteiger partial charge in [-0.05, 0) is 56.1 Å². The molecule has 2 aromatic carbocycles. The van der Waals surface area contributed by atoms with E-state index in [0.717, 1.165) is 35.5 Å². The molecule has 0 spiro atoms. The van der Waals surface area contributed by atoms with Gasteiger partial charge < -0.3 is 5.32 Å². The van der Waals surface area contributed by atoms with Crippen LogP contribution in [0.4, 0.5) is 0 Å². The van der Waals surface area contributed by atoms with Crippen molar-refractivity contribution in [2.75, 3.05) is 13.1 Å². The maximum Gasteiger partial charge on any atom is 0.234 e. The van der Waals surface area contributed by atoms with Crippen molar-refractivity contribution in [3.8, 4) is 0 Å². The Hall–Kier alpha value is -1.95. The molecule has 1 aliphatic heterocycles. The number of likely N-dealkylation sites (tertiary alicyclic amines) is 1. The van der Waals surface area contributed by atoms with Crippen molar-refractivity contribution in [2.24, 2.45) is 0 Å². The molecule has 0 radical (unpaired) electrons. The zero-order valence-corrected chi connectivity index (χ0v) is 16.8. The average Bonchev–Trinajstić information content (AvgIpc) is 3.28. The van der Waals surface area contributed by atoms with Gasteiger partial charge in [-0.25, -0.2) is 4.98 Å². The highest BCUT2D eigenvalue weighted by atomic mass is 35.5. The summed E-state index contributed by atoms with van der Waals surface area (Å²) >= 11 is 7.68. The Morgan fingerprint density at radius 2 is 2.07 bits per heavy atom. The first-order chi connectivity index (χ1) is 13.1. The molecule has 140 valence electrons. The molecule has 1 amide bonds. The fourth-order valence-electron chi connectivity index (χ4n) is 3.63. The van der Waals surface area contributed by atoms with Crippen molar-refractivity contribution < 1.29 is 4.79 Å². The lowest BCUT2D eigenvalue weighted by molar-refractivity contribution is -0.123. The van der Waals surface area contributed by atoms with Crippen molar-refractivity contribution in [2.45, 2.75) is 31.8 Å². The van der Waals surface area contributed by atoms with Gasteiger partial charge in [0.15, 0.2) is 0 Å². The van der Waals surface area contributed by atoms with Crippen LogP contribution in [0.3, 0.4) is 0 Å². The molecule has 0 aliphatic carbocycles. The van der Waals surface area contributed by atoms with Crippen LogP contribution in [0.1, 0.15) is 42.4 Å². The van der Waals surface area contributed by atoms with Gasteiger partial charge in [0.2, 0.25) is 5.91 Å². The monoisotopic (exact) mass is 399 g/mol. The fraction of sp³-hybridized carbons (Fsp3) is 0.333. The highest BCUT2D eigenvalue weighted by molar-refractivity contribution is 7.18. The standard InChI is InChI=1S/C21H22ClN3OS/c1-14(15-8-10-16(22)11-9-15)23-20(26)13-25-12-4-6-18(25)21-24-17-5-2-3-7-19(17)27-21/h2-3,5,7-11,14,18H,4,6,12-13H2,1H3,(H,23,26)/t14-,18-/m1/s1. The second kappa shape index (κ2) is 7.97. The highest BCUT2D eigenvalue weighted by Crippen LogP contribution is 2.36. The van der Waals surface area contributed by atoms with Gasteiger partial charge >= 0.3 is 0 Å². The van der Waals surface area contributed by atoms with Gasteiger partial charge in [0.1, 0.15) is 5.01 Å². The van der Waals surface area contributed by atoms with Crippen LogP contribution < -0.4 is 5.32 Å². The van der Waals surface area contributed by atoms with Crippen molar-refractivity contribution in [3.05, 3.63) is 64.1 Å². The van der Waals surface area contributed by atoms with Crippen molar-refractivity contribution >= 4 is 39.1 Å². The number of para-hydroxylation sites is 1. The number of hydrogen-bond donors (Lipinski definition) is 1. The number of benzene rings is 2. The molecule has 1 fully saturated rings. The third-order valence-corrected chi connectivity index (χ3v) is 6.44. The van der Waals surface area contributed by atoms with Crippen LogP contribution in [0.15, 0.2) is 48.5 Å². The number of carbonyl (C=O) groups excluding carboxylic acids is 1. The summed E-state index contributed by atoms with van der Waals surface area (Å²) in [6, 6.07) is 16.0. The third kappa shape index (κ3) is 4.15. The number of rotatable bonds is 5. The highest BCUT2D eigenvalue weighted by Gasteiger charge is 2.30. The molecule has 0 saturated carbocycles. The lowest BCUT2D eigenvalue weighted by atomic mass is 10.1. The maximum atomic E-state index is 12.6. The molecule has 2 atom stereocenters. The first-order valence-corrected chi connectivity index (χ1v) is 10.4. The number of aromatic nitrogens is 1. The second-order valence-corrected chi connectivity index (χ2v) is 8.49. The van der Waals surface area contributed by atoms with Crippen LogP contribution in [0, 0.1) is 0 Å². The van der Waals surface area contributed by atoms with Crippen molar-refractivity contribution in [1.82, 2.24) is 15.2 Å². The van der Waals surface area contributed by atoms with Crippen LogP contribution >= 0.6 is 22.9 Å². The maximum absolute atomic E-state index is 12.6. The number of thiazole rings is 1. The summed E-state index contributed by atoms with van der Waals surface area (Å²) in [7, 11) is 0. The normalized spacial score (nSPS) is 18.7. The minimum atomic E-state index is -0.0433. The van der Waals surface area contributed by atoms with E-state index in [9.17, 15) is 4.79 Å². The van der Waals surface area contributed by atoms with Gasteiger partial charge in [0.25, 0.3) is 0 Å². The van der Waals surface area contributed by atoms with Crippen LogP contribution in [0.2, 0.25) is 5.02 Å². The van der Waals surface area contributed by atoms with E-state index in [0.29, 0.717) is 11.6 Å². The van der Waals surface area contributed by atoms with Crippen LogP contribution in [0.5, 0.6) is 0 Å². The van der Waals surface area contributed by atoms with Crippen molar-refractivity contribution in [1.29, 1.82) is 0 Å². The molecule has 0 bridgehead atoms. The minimum Gasteiger partial charge on any atom is -0.348 e. The summed E-state index contributed by atoms with van der Waals surface area (Å²) in [5, 5.41) is 4.92. The molecule has 3 aromatic rings. The molecule has 6 heteroatoms. The minimum absolute atomic E-state index is 0.0433. The van der Waals surface area contributed by atoms with Gasteiger partial charge in [-0.3, -0.25) is 9.69 Å². The van der Waals surface area contributed by atoms with Crippen LogP contribution in [-0.2, 0) is 4.79 Å². The van der Waals surface area contributed by atoms with Crippen LogP contribution in [-0.4, -0.2) is 28.9 Å². The fourth-order valence-corrected chi connectivity index (χ4v) is 4.90. The number of fused-ring (bicyclic) bond motifs is 1. The Morgan fingerprint density at radius 1 is 1.30 bits per heavy atom. The van der Waals surface area contributed by atoms with E-state index >= 15 is 0 Å². The lowest BCUT2D eigenvalue weighted by Gasteiger charge is -2.23. The predicted molar refractivity (Wildman–Crippen MR) is 111 cm³/mol. The quantitative estimate of drug-likeness (QED) is 0.659. The molecule has 1 aliphatic rings. The molecule has 1 N–H and O–H groups in total. The average molecular weight is 400 g/mol. The third-order valence-electron chi connectivity index (χ3n) is 5.05. The van der Waals surface area contributed by atoms with Crippen molar-refractivity contribution in [3.63, 3.8) is 0 Å². The Kier molecular flexibility index (Phi) is 5.43. The molecule has 4 nitrogen and oxygen atoms in total. The van der Waals surface area contributed by atoms with Gasteiger partial charge in [0, 0.05) is 5.02 Å². The SMILES string of the molecule is C[C@@H](NC(=O)CN1CCC[C@@H]1c1nc2ccccc2s1)c1ccc(Cl)cc1. The van der Waals surface area contributed by atoms with E-state index in [2.05, 4.69) is 22.3 Å². The Bertz CT molecular complexity index is 907. The summed E-state index contributed by atoms with van der Waals surface area (Å²) in [5.41, 5.74) is 2.10. The van der Waals surface area contributed by atoms with Gasteiger partial charge in [-0.15, -0.1) is 11.3 Å². The molecule has 1 aromatic heterocycles. The first kappa shape index (κ1) is 18.4. The number of nitrogens with zero attached hydrogens (tertiary/aromatic N) is 2. The number of carbonyl (C=O) groups is 1. The molecule has 0 unspecified atom stereocenters. The Morgan fingerprint density at radius 3 is 2.85 bits per heavy atom. The zero-order chi connectivity index (χ0) is 18.8. The summed E-state index contributed by atoms with van der Waals surface area (Å²) in [6.45, 7) is 3.33. The molecular weight excluding hydrogens is 378 g/mol. The Balaban J connectivity index is 1.41. The molecule has 1 saturated heterocycles. The zero-order valence-electron chi connectivity index (χ0n) is 15.2. The smallest absolute Gasteiger partial charge is 0.234 e. The second-order valence-electron chi connectivity index (χ2n) is 6.99. The topological polar surface area (TPSA) is 45.2 Å². The molecule has 27 heavy (non-hydrogen) atoms. The van der Waals surface area contributed by atoms with Gasteiger partial charge in [-0.2, -0.15) is 0 Å². The van der Waals surface area contributed by atoms with E-state index in [1.807, 2.05) is 43.3 Å². The largest absolute Gasteiger partial charge is 0.348 e. The summed E-state index contributed by atoms with van der Waals surface area (Å²) in [5.74, 6) is 0.0467. The number of nitrogens with one attached hydrogen (secondary N) is 1. The number of hydrogen-bond acceptors (Lipinski definition) is 4. The van der Waals surface area contributed by atoms with Crippen LogP contribution in [0.25, 0.3) is 10.2 Å². The van der Waals surface area contributed by atoms with E-state index in [4.69, 9.17) is 16.6 Å². The van der Waals surface area contributed by atoms with E-state index < -0.39 is 0 Å². The van der Waals surface area contributed by atoms with Gasteiger partial charge in [-0.1, -0.05) is 35.9 Å². The Labute approximate surface area is 168 Å². The van der Waals surface area contributed by atoms with E-state index in [1.165, 1.54) is 4.70 Å². The molecule has 2 heterocycles.